The van der Waals surface area contributed by atoms with Crippen LogP contribution in [0.4, 0.5) is 0 Å². The number of ether oxygens (including phenoxy) is 1. The highest BCUT2D eigenvalue weighted by Gasteiger charge is 2.22. The van der Waals surface area contributed by atoms with Gasteiger partial charge in [0.2, 0.25) is 0 Å². The van der Waals surface area contributed by atoms with E-state index in [1.807, 2.05) is 30.3 Å². The maximum atomic E-state index is 11.5. The molecule has 92 valence electrons. The van der Waals surface area contributed by atoms with Crippen molar-refractivity contribution >= 4 is 28.8 Å². The molecule has 6 heteroatoms. The number of imidazole rings is 1. The van der Waals surface area contributed by atoms with Gasteiger partial charge < -0.3 is 9.72 Å². The number of benzene rings is 1. The van der Waals surface area contributed by atoms with Crippen LogP contribution >= 0.6 is 11.8 Å². The minimum Gasteiger partial charge on any atom is -0.464 e. The van der Waals surface area contributed by atoms with Crippen molar-refractivity contribution in [3.8, 4) is 6.07 Å². The van der Waals surface area contributed by atoms with Crippen molar-refractivity contribution in [2.24, 2.45) is 0 Å². The zero-order chi connectivity index (χ0) is 13.0. The Morgan fingerprint density at radius 3 is 3.06 bits per heavy atom. The van der Waals surface area contributed by atoms with Crippen LogP contribution in [0.15, 0.2) is 29.4 Å². The number of H-pyrrole nitrogens is 1. The molecule has 5 nitrogen and oxygen atoms in total. The van der Waals surface area contributed by atoms with Gasteiger partial charge in [-0.25, -0.2) is 9.78 Å². The third-order valence-corrected chi connectivity index (χ3v) is 3.17. The Balaban J connectivity index is 2.17. The molecule has 18 heavy (non-hydrogen) atoms. The largest absolute Gasteiger partial charge is 0.464 e. The number of fused-ring (bicyclic) bond motifs is 1. The van der Waals surface area contributed by atoms with Gasteiger partial charge in [0.05, 0.1) is 23.7 Å². The van der Waals surface area contributed by atoms with Crippen LogP contribution in [0.1, 0.15) is 6.92 Å². The van der Waals surface area contributed by atoms with Crippen LogP contribution in [0, 0.1) is 11.3 Å². The Bertz CT molecular complexity index is 570. The van der Waals surface area contributed by atoms with Crippen molar-refractivity contribution in [1.82, 2.24) is 9.97 Å². The monoisotopic (exact) mass is 261 g/mol. The van der Waals surface area contributed by atoms with E-state index in [0.29, 0.717) is 5.16 Å². The molecule has 1 atom stereocenters. The molecule has 0 fully saturated rings. The predicted molar refractivity (Wildman–Crippen MR) is 68.0 cm³/mol. The number of hydrogen-bond acceptors (Lipinski definition) is 5. The standard InChI is InChI=1S/C12H11N3O2S/c1-2-17-11(16)10(7-13)18-12-14-8-5-3-4-6-9(8)15-12/h3-6,10H,2H2,1H3,(H,14,15). The van der Waals surface area contributed by atoms with Crippen molar-refractivity contribution in [3.05, 3.63) is 24.3 Å². The third kappa shape index (κ3) is 2.63. The molecule has 1 unspecified atom stereocenters. The number of hydrogen-bond donors (Lipinski definition) is 1. The van der Waals surface area contributed by atoms with Gasteiger partial charge in [0.15, 0.2) is 10.4 Å². The Hall–Kier alpha value is -2.00. The summed E-state index contributed by atoms with van der Waals surface area (Å²) in [6.45, 7) is 1.97. The van der Waals surface area contributed by atoms with Crippen molar-refractivity contribution in [1.29, 1.82) is 5.26 Å². The molecule has 1 aromatic heterocycles. The lowest BCUT2D eigenvalue weighted by Gasteiger charge is -2.05. The lowest BCUT2D eigenvalue weighted by atomic mass is 10.3. The molecule has 0 radical (unpaired) electrons. The first-order chi connectivity index (χ1) is 8.74. The zero-order valence-corrected chi connectivity index (χ0v) is 10.5. The topological polar surface area (TPSA) is 78.8 Å². The lowest BCUT2D eigenvalue weighted by molar-refractivity contribution is -0.141. The van der Waals surface area contributed by atoms with E-state index in [1.54, 1.807) is 6.92 Å². The van der Waals surface area contributed by atoms with Crippen molar-refractivity contribution in [3.63, 3.8) is 0 Å². The molecular formula is C12H11N3O2S. The van der Waals surface area contributed by atoms with Crippen LogP contribution in [0.2, 0.25) is 0 Å². The second-order valence-corrected chi connectivity index (χ2v) is 4.53. The highest BCUT2D eigenvalue weighted by molar-refractivity contribution is 8.00. The van der Waals surface area contributed by atoms with E-state index >= 15 is 0 Å². The number of esters is 1. The summed E-state index contributed by atoms with van der Waals surface area (Å²) < 4.78 is 4.82. The summed E-state index contributed by atoms with van der Waals surface area (Å²) in [7, 11) is 0. The van der Waals surface area contributed by atoms with Gasteiger partial charge in [0, 0.05) is 0 Å². The predicted octanol–water partition coefficient (Wildman–Crippen LogP) is 2.11. The van der Waals surface area contributed by atoms with E-state index in [-0.39, 0.29) is 6.61 Å². The normalized spacial score (nSPS) is 12.0. The number of carbonyl (C=O) groups excluding carboxylic acids is 1. The number of nitriles is 1. The van der Waals surface area contributed by atoms with Crippen LogP contribution in [-0.4, -0.2) is 27.8 Å². The summed E-state index contributed by atoms with van der Waals surface area (Å²) in [5.74, 6) is -0.537. The second-order valence-electron chi connectivity index (χ2n) is 3.44. The number of nitrogens with one attached hydrogen (secondary N) is 1. The third-order valence-electron chi connectivity index (χ3n) is 2.22. The average Bonchev–Trinajstić information content (AvgIpc) is 2.78. The number of para-hydroxylation sites is 2. The molecule has 0 aliphatic carbocycles. The first-order valence-corrected chi connectivity index (χ1v) is 6.30. The molecule has 2 rings (SSSR count). The number of nitrogens with zero attached hydrogens (tertiary/aromatic N) is 2. The minimum atomic E-state index is -0.898. The molecule has 2 aromatic rings. The highest BCUT2D eigenvalue weighted by Crippen LogP contribution is 2.23. The molecule has 1 N–H and O–H groups in total. The summed E-state index contributed by atoms with van der Waals surface area (Å²) in [5, 5.41) is 8.59. The molecule has 1 heterocycles. The molecule has 0 aliphatic rings. The molecule has 1 aromatic carbocycles. The molecule has 0 amide bonds. The van der Waals surface area contributed by atoms with Crippen LogP contribution in [-0.2, 0) is 9.53 Å². The van der Waals surface area contributed by atoms with E-state index in [1.165, 1.54) is 0 Å². The van der Waals surface area contributed by atoms with Gasteiger partial charge in [-0.3, -0.25) is 0 Å². The Morgan fingerprint density at radius 1 is 1.61 bits per heavy atom. The van der Waals surface area contributed by atoms with Crippen LogP contribution < -0.4 is 0 Å². The average molecular weight is 261 g/mol. The second kappa shape index (κ2) is 5.56. The molecule has 0 aliphatic heterocycles. The minimum absolute atomic E-state index is 0.262. The fourth-order valence-corrected chi connectivity index (χ4v) is 2.20. The summed E-state index contributed by atoms with van der Waals surface area (Å²) >= 11 is 1.06. The molecule has 0 spiro atoms. The molecule has 0 saturated heterocycles. The van der Waals surface area contributed by atoms with Crippen molar-refractivity contribution in [2.75, 3.05) is 6.61 Å². The Morgan fingerprint density at radius 2 is 2.39 bits per heavy atom. The fraction of sp³-hybridized carbons (Fsp3) is 0.250. The molecular weight excluding hydrogens is 250 g/mol. The van der Waals surface area contributed by atoms with Gasteiger partial charge in [0.25, 0.3) is 0 Å². The van der Waals surface area contributed by atoms with Gasteiger partial charge in [-0.05, 0) is 19.1 Å². The first-order valence-electron chi connectivity index (χ1n) is 5.42. The summed E-state index contributed by atoms with van der Waals surface area (Å²) in [5.41, 5.74) is 1.68. The van der Waals surface area contributed by atoms with Crippen molar-refractivity contribution in [2.45, 2.75) is 17.3 Å². The van der Waals surface area contributed by atoms with E-state index < -0.39 is 11.2 Å². The zero-order valence-electron chi connectivity index (χ0n) is 9.71. The maximum Gasteiger partial charge on any atom is 0.334 e. The van der Waals surface area contributed by atoms with E-state index in [2.05, 4.69) is 9.97 Å². The highest BCUT2D eigenvalue weighted by atomic mass is 32.2. The number of rotatable bonds is 4. The van der Waals surface area contributed by atoms with Crippen LogP contribution in [0.25, 0.3) is 11.0 Å². The van der Waals surface area contributed by atoms with E-state index in [4.69, 9.17) is 10.00 Å². The maximum absolute atomic E-state index is 11.5. The first kappa shape index (κ1) is 12.5. The quantitative estimate of drug-likeness (QED) is 0.673. The van der Waals surface area contributed by atoms with E-state index in [9.17, 15) is 4.79 Å². The van der Waals surface area contributed by atoms with Crippen LogP contribution in [0.5, 0.6) is 0 Å². The SMILES string of the molecule is CCOC(=O)C(C#N)Sc1nc2ccccc2[nH]1. The number of carbonyl (C=O) groups is 1. The molecule has 0 bridgehead atoms. The van der Waals surface area contributed by atoms with Gasteiger partial charge in [-0.2, -0.15) is 5.26 Å². The number of thioether (sulfide) groups is 1. The fourth-order valence-electron chi connectivity index (χ4n) is 1.44. The Labute approximate surface area is 108 Å². The number of aromatic amines is 1. The Kier molecular flexibility index (Phi) is 3.85. The smallest absolute Gasteiger partial charge is 0.334 e. The van der Waals surface area contributed by atoms with Gasteiger partial charge in [-0.15, -0.1) is 0 Å². The van der Waals surface area contributed by atoms with E-state index in [0.717, 1.165) is 22.8 Å². The van der Waals surface area contributed by atoms with Crippen molar-refractivity contribution < 1.29 is 9.53 Å². The number of aromatic nitrogens is 2. The van der Waals surface area contributed by atoms with Gasteiger partial charge in [-0.1, -0.05) is 23.9 Å². The van der Waals surface area contributed by atoms with Crippen LogP contribution in [0.3, 0.4) is 0 Å². The summed E-state index contributed by atoms with van der Waals surface area (Å²) in [6.07, 6.45) is 0. The summed E-state index contributed by atoms with van der Waals surface area (Å²) in [4.78, 5) is 18.8. The lowest BCUT2D eigenvalue weighted by Crippen LogP contribution is -2.18. The van der Waals surface area contributed by atoms with Gasteiger partial charge >= 0.3 is 5.97 Å². The summed E-state index contributed by atoms with van der Waals surface area (Å²) in [6, 6.07) is 9.43. The molecule has 0 saturated carbocycles. The van der Waals surface area contributed by atoms with Gasteiger partial charge in [0.1, 0.15) is 0 Å².